The highest BCUT2D eigenvalue weighted by atomic mass is 16.5. The smallest absolute Gasteiger partial charge is 0.305 e. The SMILES string of the molecule is COC(=O)CCCCNC(=O)c1cc(C)c(OCc2cccnc2)c(C)c1. The molecule has 0 atom stereocenters. The van der Waals surface area contributed by atoms with E-state index in [0.717, 1.165) is 28.9 Å². The summed E-state index contributed by atoms with van der Waals surface area (Å²) in [5.41, 5.74) is 3.42. The highest BCUT2D eigenvalue weighted by Crippen LogP contribution is 2.25. The number of hydrogen-bond acceptors (Lipinski definition) is 5. The second-order valence-electron chi connectivity index (χ2n) is 6.38. The number of benzene rings is 1. The molecule has 0 bridgehead atoms. The van der Waals surface area contributed by atoms with E-state index in [1.807, 2.05) is 38.1 Å². The lowest BCUT2D eigenvalue weighted by molar-refractivity contribution is -0.140. The van der Waals surface area contributed by atoms with Crippen LogP contribution in [0.5, 0.6) is 5.75 Å². The Morgan fingerprint density at radius 1 is 1.15 bits per heavy atom. The monoisotopic (exact) mass is 370 g/mol. The van der Waals surface area contributed by atoms with Crippen molar-refractivity contribution >= 4 is 11.9 Å². The molecular weight excluding hydrogens is 344 g/mol. The molecule has 0 spiro atoms. The second kappa shape index (κ2) is 10.3. The molecule has 1 aromatic carbocycles. The fraction of sp³-hybridized carbons (Fsp3) is 0.381. The molecule has 2 aromatic rings. The van der Waals surface area contributed by atoms with Crippen molar-refractivity contribution in [1.29, 1.82) is 0 Å². The minimum atomic E-state index is -0.227. The van der Waals surface area contributed by atoms with E-state index in [0.29, 0.717) is 31.6 Å². The topological polar surface area (TPSA) is 77.5 Å². The van der Waals surface area contributed by atoms with Crippen LogP contribution in [0, 0.1) is 13.8 Å². The first-order valence-corrected chi connectivity index (χ1v) is 8.99. The van der Waals surface area contributed by atoms with E-state index in [2.05, 4.69) is 15.0 Å². The van der Waals surface area contributed by atoms with Gasteiger partial charge in [-0.2, -0.15) is 0 Å². The van der Waals surface area contributed by atoms with Gasteiger partial charge in [0.1, 0.15) is 12.4 Å². The number of unbranched alkanes of at least 4 members (excludes halogenated alkanes) is 1. The third kappa shape index (κ3) is 6.40. The molecule has 0 saturated heterocycles. The number of aromatic nitrogens is 1. The highest BCUT2D eigenvalue weighted by molar-refractivity contribution is 5.94. The number of carbonyl (C=O) groups is 2. The van der Waals surface area contributed by atoms with E-state index in [4.69, 9.17) is 4.74 Å². The molecule has 2 rings (SSSR count). The predicted octanol–water partition coefficient (Wildman–Crippen LogP) is 3.35. The number of amides is 1. The Morgan fingerprint density at radius 2 is 1.89 bits per heavy atom. The van der Waals surface area contributed by atoms with Crippen molar-refractivity contribution in [3.05, 3.63) is 58.9 Å². The van der Waals surface area contributed by atoms with Gasteiger partial charge in [0.15, 0.2) is 0 Å². The van der Waals surface area contributed by atoms with Gasteiger partial charge in [0.05, 0.1) is 7.11 Å². The summed E-state index contributed by atoms with van der Waals surface area (Å²) in [4.78, 5) is 27.5. The van der Waals surface area contributed by atoms with Crippen molar-refractivity contribution in [3.63, 3.8) is 0 Å². The summed E-state index contributed by atoms with van der Waals surface area (Å²) in [5, 5.41) is 2.88. The predicted molar refractivity (Wildman–Crippen MR) is 103 cm³/mol. The number of ether oxygens (including phenoxy) is 2. The minimum absolute atomic E-state index is 0.127. The first-order chi connectivity index (χ1) is 13.0. The first kappa shape index (κ1) is 20.4. The van der Waals surface area contributed by atoms with Crippen LogP contribution in [0.4, 0.5) is 0 Å². The number of nitrogens with zero attached hydrogens (tertiary/aromatic N) is 1. The zero-order valence-corrected chi connectivity index (χ0v) is 16.1. The summed E-state index contributed by atoms with van der Waals surface area (Å²) in [6.45, 7) is 4.81. The average molecular weight is 370 g/mol. The van der Waals surface area contributed by atoms with Crippen molar-refractivity contribution in [1.82, 2.24) is 10.3 Å². The molecule has 144 valence electrons. The third-order valence-corrected chi connectivity index (χ3v) is 4.15. The summed E-state index contributed by atoms with van der Waals surface area (Å²) in [6, 6.07) is 7.49. The Morgan fingerprint density at radius 3 is 2.52 bits per heavy atom. The lowest BCUT2D eigenvalue weighted by atomic mass is 10.0. The van der Waals surface area contributed by atoms with Crippen LogP contribution in [0.1, 0.15) is 46.3 Å². The number of hydrogen-bond donors (Lipinski definition) is 1. The zero-order valence-electron chi connectivity index (χ0n) is 16.1. The largest absolute Gasteiger partial charge is 0.488 e. The van der Waals surface area contributed by atoms with Gasteiger partial charge in [0, 0.05) is 36.5 Å². The van der Waals surface area contributed by atoms with Gasteiger partial charge < -0.3 is 14.8 Å². The lowest BCUT2D eigenvalue weighted by Crippen LogP contribution is -2.24. The quantitative estimate of drug-likeness (QED) is 0.541. The molecule has 27 heavy (non-hydrogen) atoms. The maximum atomic E-state index is 12.3. The fourth-order valence-electron chi connectivity index (χ4n) is 2.75. The Bertz CT molecular complexity index is 752. The van der Waals surface area contributed by atoms with Crippen LogP contribution in [0.2, 0.25) is 0 Å². The maximum Gasteiger partial charge on any atom is 0.305 e. The molecule has 0 aliphatic heterocycles. The standard InChI is InChI=1S/C21H26N2O4/c1-15-11-18(21(25)23-10-5-4-8-19(24)26-3)12-16(2)20(15)27-14-17-7-6-9-22-13-17/h6-7,9,11-13H,4-5,8,10,14H2,1-3H3,(H,23,25). The molecule has 6 nitrogen and oxygen atoms in total. The lowest BCUT2D eigenvalue weighted by Gasteiger charge is -2.14. The van der Waals surface area contributed by atoms with Crippen molar-refractivity contribution in [3.8, 4) is 5.75 Å². The number of rotatable bonds is 9. The maximum absolute atomic E-state index is 12.3. The molecule has 1 amide bonds. The average Bonchev–Trinajstić information content (AvgIpc) is 2.67. The van der Waals surface area contributed by atoms with Crippen LogP contribution in [0.3, 0.4) is 0 Å². The number of nitrogens with one attached hydrogen (secondary N) is 1. The van der Waals surface area contributed by atoms with Gasteiger partial charge in [-0.1, -0.05) is 6.07 Å². The van der Waals surface area contributed by atoms with Crippen molar-refractivity contribution in [2.24, 2.45) is 0 Å². The van der Waals surface area contributed by atoms with Gasteiger partial charge >= 0.3 is 5.97 Å². The normalized spacial score (nSPS) is 10.3. The van der Waals surface area contributed by atoms with Crippen LogP contribution < -0.4 is 10.1 Å². The summed E-state index contributed by atoms with van der Waals surface area (Å²) < 4.78 is 10.5. The van der Waals surface area contributed by atoms with Crippen LogP contribution in [-0.2, 0) is 16.1 Å². The second-order valence-corrected chi connectivity index (χ2v) is 6.38. The number of carbonyl (C=O) groups excluding carboxylic acids is 2. The van der Waals surface area contributed by atoms with E-state index < -0.39 is 0 Å². The number of pyridine rings is 1. The molecule has 0 aliphatic rings. The van der Waals surface area contributed by atoms with E-state index in [9.17, 15) is 9.59 Å². The molecular formula is C21H26N2O4. The van der Waals surface area contributed by atoms with E-state index >= 15 is 0 Å². The molecule has 1 heterocycles. The third-order valence-electron chi connectivity index (χ3n) is 4.15. The van der Waals surface area contributed by atoms with Gasteiger partial charge in [0.2, 0.25) is 0 Å². The van der Waals surface area contributed by atoms with E-state index in [-0.39, 0.29) is 11.9 Å². The molecule has 0 saturated carbocycles. The molecule has 0 radical (unpaired) electrons. The van der Waals surface area contributed by atoms with Gasteiger partial charge in [-0.15, -0.1) is 0 Å². The Labute approximate surface area is 159 Å². The minimum Gasteiger partial charge on any atom is -0.488 e. The summed E-state index contributed by atoms with van der Waals surface area (Å²) in [6.07, 6.45) is 5.28. The number of methoxy groups -OCH3 is 1. The number of aryl methyl sites for hydroxylation is 2. The van der Waals surface area contributed by atoms with Crippen LogP contribution in [0.15, 0.2) is 36.7 Å². The van der Waals surface area contributed by atoms with E-state index in [1.54, 1.807) is 12.4 Å². The van der Waals surface area contributed by atoms with Gasteiger partial charge in [-0.05, 0) is 56.0 Å². The molecule has 0 unspecified atom stereocenters. The first-order valence-electron chi connectivity index (χ1n) is 8.99. The highest BCUT2D eigenvalue weighted by Gasteiger charge is 2.12. The Kier molecular flexibility index (Phi) is 7.79. The fourth-order valence-corrected chi connectivity index (χ4v) is 2.75. The molecule has 6 heteroatoms. The summed E-state index contributed by atoms with van der Waals surface area (Å²) in [7, 11) is 1.37. The van der Waals surface area contributed by atoms with Crippen LogP contribution in [0.25, 0.3) is 0 Å². The number of esters is 1. The summed E-state index contributed by atoms with van der Waals surface area (Å²) >= 11 is 0. The van der Waals surface area contributed by atoms with Crippen molar-refractivity contribution in [2.75, 3.05) is 13.7 Å². The molecule has 1 aromatic heterocycles. The van der Waals surface area contributed by atoms with Gasteiger partial charge in [-0.3, -0.25) is 14.6 Å². The molecule has 1 N–H and O–H groups in total. The Hall–Kier alpha value is -2.89. The van der Waals surface area contributed by atoms with Crippen molar-refractivity contribution < 1.29 is 19.1 Å². The summed E-state index contributed by atoms with van der Waals surface area (Å²) in [5.74, 6) is 0.431. The van der Waals surface area contributed by atoms with Crippen LogP contribution in [-0.4, -0.2) is 30.5 Å². The van der Waals surface area contributed by atoms with Crippen molar-refractivity contribution in [2.45, 2.75) is 39.7 Å². The van der Waals surface area contributed by atoms with E-state index in [1.165, 1.54) is 7.11 Å². The zero-order chi connectivity index (χ0) is 19.6. The van der Waals surface area contributed by atoms with Crippen LogP contribution >= 0.6 is 0 Å². The molecule has 0 fully saturated rings. The Balaban J connectivity index is 1.89. The van der Waals surface area contributed by atoms with Gasteiger partial charge in [-0.25, -0.2) is 0 Å². The molecule has 0 aliphatic carbocycles. The van der Waals surface area contributed by atoms with Gasteiger partial charge in [0.25, 0.3) is 5.91 Å².